The highest BCUT2D eigenvalue weighted by Crippen LogP contribution is 2.13. The minimum absolute atomic E-state index is 0.937. The van der Waals surface area contributed by atoms with Crippen molar-refractivity contribution in [3.8, 4) is 0 Å². The van der Waals surface area contributed by atoms with Gasteiger partial charge in [-0.3, -0.25) is 5.43 Å². The van der Waals surface area contributed by atoms with E-state index in [1.165, 1.54) is 0 Å². The summed E-state index contributed by atoms with van der Waals surface area (Å²) in [4.78, 5) is 0. The molecule has 0 amide bonds. The molecule has 72 valence electrons. The average Bonchev–Trinajstić information content (AvgIpc) is 2.22. The molecule has 0 saturated carbocycles. The summed E-state index contributed by atoms with van der Waals surface area (Å²) < 4.78 is 0. The van der Waals surface area contributed by atoms with Crippen LogP contribution in [0.25, 0.3) is 0 Å². The third-order valence-electron chi connectivity index (χ3n) is 1.36. The first kappa shape index (κ1) is 11.5. The lowest BCUT2D eigenvalue weighted by molar-refractivity contribution is 1.36. The van der Waals surface area contributed by atoms with Crippen molar-refractivity contribution in [3.63, 3.8) is 0 Å². The van der Waals surface area contributed by atoms with Gasteiger partial charge in [0.25, 0.3) is 0 Å². The first-order valence-corrected chi connectivity index (χ1v) is 4.36. The molecule has 3 nitrogen and oxygen atoms in total. The second-order valence-corrected chi connectivity index (χ2v) is 2.10. The van der Waals surface area contributed by atoms with Crippen molar-refractivity contribution < 1.29 is 0 Å². The van der Waals surface area contributed by atoms with Crippen LogP contribution in [0.3, 0.4) is 0 Å². The molecule has 0 saturated heterocycles. The molecule has 13 heavy (non-hydrogen) atoms. The molecule has 0 aromatic heterocycles. The number of anilines is 2. The molecule has 2 N–H and O–H groups in total. The van der Waals surface area contributed by atoms with Gasteiger partial charge in [-0.05, 0) is 18.2 Å². The van der Waals surface area contributed by atoms with E-state index in [0.717, 1.165) is 11.4 Å². The van der Waals surface area contributed by atoms with E-state index in [0.29, 0.717) is 0 Å². The standard InChI is InChI=1S/C8H11N3.C2H6/c1-9-7-4-3-5-8(6-7)11-10-2;1-2/h3-6,9,11H,2H2,1H3;1-2H3. The molecule has 0 aliphatic carbocycles. The van der Waals surface area contributed by atoms with Crippen molar-refractivity contribution in [1.82, 2.24) is 0 Å². The highest BCUT2D eigenvalue weighted by Gasteiger charge is 1.89. The van der Waals surface area contributed by atoms with Crippen LogP contribution in [0.15, 0.2) is 29.4 Å². The molecule has 0 radical (unpaired) electrons. The average molecular weight is 179 g/mol. The summed E-state index contributed by atoms with van der Waals surface area (Å²) in [6.45, 7) is 7.33. The maximum absolute atomic E-state index is 3.55. The fourth-order valence-electron chi connectivity index (χ4n) is 0.836. The third-order valence-corrected chi connectivity index (χ3v) is 1.36. The first-order chi connectivity index (χ1) is 6.36. The van der Waals surface area contributed by atoms with E-state index in [9.17, 15) is 0 Å². The Labute approximate surface area is 79.9 Å². The van der Waals surface area contributed by atoms with Crippen LogP contribution in [0.1, 0.15) is 13.8 Å². The van der Waals surface area contributed by atoms with Gasteiger partial charge in [0.2, 0.25) is 0 Å². The van der Waals surface area contributed by atoms with Crippen molar-refractivity contribution in [3.05, 3.63) is 24.3 Å². The molecule has 1 aromatic carbocycles. The van der Waals surface area contributed by atoms with Gasteiger partial charge >= 0.3 is 0 Å². The monoisotopic (exact) mass is 179 g/mol. The first-order valence-electron chi connectivity index (χ1n) is 4.36. The summed E-state index contributed by atoms with van der Waals surface area (Å²) in [7, 11) is 1.88. The van der Waals surface area contributed by atoms with E-state index >= 15 is 0 Å². The Morgan fingerprint density at radius 1 is 1.23 bits per heavy atom. The molecule has 0 spiro atoms. The molecule has 3 heteroatoms. The Morgan fingerprint density at radius 3 is 2.38 bits per heavy atom. The SMILES string of the molecule is C=NNc1cccc(NC)c1.CC. The van der Waals surface area contributed by atoms with Crippen LogP contribution in [-0.4, -0.2) is 13.8 Å². The molecule has 1 rings (SSSR count). The van der Waals surface area contributed by atoms with E-state index in [4.69, 9.17) is 0 Å². The van der Waals surface area contributed by atoms with Crippen molar-refractivity contribution in [2.45, 2.75) is 13.8 Å². The Morgan fingerprint density at radius 2 is 1.85 bits per heavy atom. The number of nitrogens with one attached hydrogen (secondary N) is 2. The van der Waals surface area contributed by atoms with E-state index in [1.54, 1.807) is 0 Å². The summed E-state index contributed by atoms with van der Waals surface area (Å²) in [6.07, 6.45) is 0. The van der Waals surface area contributed by atoms with Crippen LogP contribution < -0.4 is 10.7 Å². The molecule has 1 aromatic rings. The molecular formula is C10H17N3. The van der Waals surface area contributed by atoms with E-state index in [-0.39, 0.29) is 0 Å². The van der Waals surface area contributed by atoms with Gasteiger partial charge < -0.3 is 5.32 Å². The summed E-state index contributed by atoms with van der Waals surface area (Å²) in [5, 5.41) is 6.58. The van der Waals surface area contributed by atoms with Gasteiger partial charge in [-0.2, -0.15) is 5.10 Å². The molecule has 0 heterocycles. The Balaban J connectivity index is 0.000000671. The minimum Gasteiger partial charge on any atom is -0.388 e. The summed E-state index contributed by atoms with van der Waals surface area (Å²) in [5.74, 6) is 0. The van der Waals surface area contributed by atoms with Gasteiger partial charge in [-0.15, -0.1) is 0 Å². The Bertz CT molecular complexity index is 246. The van der Waals surface area contributed by atoms with E-state index in [2.05, 4.69) is 22.6 Å². The summed E-state index contributed by atoms with van der Waals surface area (Å²) >= 11 is 0. The number of nitrogens with zero attached hydrogens (tertiary/aromatic N) is 1. The van der Waals surface area contributed by atoms with Crippen molar-refractivity contribution in [2.75, 3.05) is 17.8 Å². The minimum atomic E-state index is 0.937. The summed E-state index contributed by atoms with van der Waals surface area (Å²) in [6, 6.07) is 7.80. The molecule has 0 aliphatic heterocycles. The zero-order chi connectivity index (χ0) is 10.1. The van der Waals surface area contributed by atoms with E-state index in [1.807, 2.05) is 45.2 Å². The van der Waals surface area contributed by atoms with Crippen molar-refractivity contribution in [2.24, 2.45) is 5.10 Å². The van der Waals surface area contributed by atoms with Gasteiger partial charge in [0.1, 0.15) is 0 Å². The van der Waals surface area contributed by atoms with Crippen LogP contribution in [0.5, 0.6) is 0 Å². The Kier molecular flexibility index (Phi) is 6.32. The highest BCUT2D eigenvalue weighted by molar-refractivity contribution is 5.56. The fraction of sp³-hybridized carbons (Fsp3) is 0.300. The van der Waals surface area contributed by atoms with Gasteiger partial charge in [-0.25, -0.2) is 0 Å². The molecule has 0 unspecified atom stereocenters. The smallest absolute Gasteiger partial charge is 0.0582 e. The van der Waals surface area contributed by atoms with Gasteiger partial charge in [-0.1, -0.05) is 19.9 Å². The molecule has 0 bridgehead atoms. The predicted octanol–water partition coefficient (Wildman–Crippen LogP) is 2.78. The summed E-state index contributed by atoms with van der Waals surface area (Å²) in [5.41, 5.74) is 4.75. The maximum Gasteiger partial charge on any atom is 0.0582 e. The zero-order valence-corrected chi connectivity index (χ0v) is 8.46. The van der Waals surface area contributed by atoms with Crippen LogP contribution >= 0.6 is 0 Å². The quantitative estimate of drug-likeness (QED) is 0.553. The second-order valence-electron chi connectivity index (χ2n) is 2.10. The van der Waals surface area contributed by atoms with Gasteiger partial charge in [0.15, 0.2) is 0 Å². The van der Waals surface area contributed by atoms with Crippen LogP contribution in [0.2, 0.25) is 0 Å². The topological polar surface area (TPSA) is 36.4 Å². The molecule has 0 aliphatic rings. The number of hydrogen-bond donors (Lipinski definition) is 2. The Hall–Kier alpha value is -1.51. The lowest BCUT2D eigenvalue weighted by atomic mass is 10.3. The lowest BCUT2D eigenvalue weighted by Crippen LogP contribution is -1.90. The van der Waals surface area contributed by atoms with E-state index < -0.39 is 0 Å². The number of rotatable bonds is 3. The van der Waals surface area contributed by atoms with Crippen LogP contribution in [0.4, 0.5) is 11.4 Å². The lowest BCUT2D eigenvalue weighted by Gasteiger charge is -2.02. The van der Waals surface area contributed by atoms with Gasteiger partial charge in [0.05, 0.1) is 5.69 Å². The highest BCUT2D eigenvalue weighted by atomic mass is 15.3. The molecule has 0 fully saturated rings. The third kappa shape index (κ3) is 4.15. The number of hydrazone groups is 1. The number of benzene rings is 1. The van der Waals surface area contributed by atoms with Crippen molar-refractivity contribution in [1.29, 1.82) is 0 Å². The molecule has 0 atom stereocenters. The van der Waals surface area contributed by atoms with Crippen molar-refractivity contribution >= 4 is 18.1 Å². The normalized spacial score (nSPS) is 7.92. The predicted molar refractivity (Wildman–Crippen MR) is 60.5 cm³/mol. The van der Waals surface area contributed by atoms with Crippen LogP contribution in [0, 0.1) is 0 Å². The van der Waals surface area contributed by atoms with Gasteiger partial charge in [0, 0.05) is 19.5 Å². The molecular weight excluding hydrogens is 162 g/mol. The zero-order valence-electron chi connectivity index (χ0n) is 8.46. The second kappa shape index (κ2) is 7.16. The largest absolute Gasteiger partial charge is 0.388 e. The van der Waals surface area contributed by atoms with Crippen LogP contribution in [-0.2, 0) is 0 Å². The maximum atomic E-state index is 3.55. The number of hydrogen-bond acceptors (Lipinski definition) is 3. The fourth-order valence-corrected chi connectivity index (χ4v) is 0.836.